The van der Waals surface area contributed by atoms with Gasteiger partial charge in [0.05, 0.1) is 11.6 Å². The number of fused-ring (bicyclic) bond motifs is 2. The molecule has 0 bridgehead atoms. The van der Waals surface area contributed by atoms with Crippen LogP contribution in [-0.4, -0.2) is 56.9 Å². The van der Waals surface area contributed by atoms with E-state index < -0.39 is 0 Å². The van der Waals surface area contributed by atoms with Crippen LogP contribution in [0.4, 0.5) is 5.82 Å². The number of piperazine rings is 1. The standard InChI is InChI=1S/C17H26N6/c1-12(2)15-19-16-14(10-18-21(16)3)17(20-15)23-9-8-22-7-5-4-6-13(22)11-23/h10,12-13H,4-9,11H2,1-3H3/t13-/m1/s1. The van der Waals surface area contributed by atoms with Gasteiger partial charge in [-0.15, -0.1) is 0 Å². The third-order valence-corrected chi connectivity index (χ3v) is 5.24. The minimum atomic E-state index is 0.323. The summed E-state index contributed by atoms with van der Waals surface area (Å²) in [6.45, 7) is 8.85. The van der Waals surface area contributed by atoms with Gasteiger partial charge in [0.2, 0.25) is 0 Å². The Kier molecular flexibility index (Phi) is 3.71. The second-order valence-corrected chi connectivity index (χ2v) is 7.20. The molecule has 124 valence electrons. The fourth-order valence-electron chi connectivity index (χ4n) is 3.87. The SMILES string of the molecule is CC(C)c1nc(N2CCN3CCCC[C@@H]3C2)c2cnn(C)c2n1. The zero-order chi connectivity index (χ0) is 16.0. The number of piperidine rings is 1. The molecule has 0 unspecified atom stereocenters. The second-order valence-electron chi connectivity index (χ2n) is 7.20. The summed E-state index contributed by atoms with van der Waals surface area (Å²) in [5.74, 6) is 2.32. The van der Waals surface area contributed by atoms with Crippen LogP contribution in [0.5, 0.6) is 0 Å². The molecular formula is C17H26N6. The smallest absolute Gasteiger partial charge is 0.163 e. The molecule has 6 nitrogen and oxygen atoms in total. The van der Waals surface area contributed by atoms with Crippen LogP contribution in [0.1, 0.15) is 44.9 Å². The van der Waals surface area contributed by atoms with E-state index in [1.165, 1.54) is 25.8 Å². The van der Waals surface area contributed by atoms with Crippen molar-refractivity contribution in [2.24, 2.45) is 7.05 Å². The predicted octanol–water partition coefficient (Wildman–Crippen LogP) is 2.16. The van der Waals surface area contributed by atoms with E-state index in [4.69, 9.17) is 9.97 Å². The summed E-state index contributed by atoms with van der Waals surface area (Å²) < 4.78 is 1.86. The molecule has 0 saturated carbocycles. The van der Waals surface area contributed by atoms with E-state index >= 15 is 0 Å². The van der Waals surface area contributed by atoms with Crippen LogP contribution < -0.4 is 4.90 Å². The fraction of sp³-hybridized carbons (Fsp3) is 0.706. The number of hydrogen-bond acceptors (Lipinski definition) is 5. The lowest BCUT2D eigenvalue weighted by atomic mass is 9.99. The molecule has 2 aliphatic rings. The molecule has 4 rings (SSSR count). The van der Waals surface area contributed by atoms with Crippen molar-refractivity contribution in [3.8, 4) is 0 Å². The number of anilines is 1. The highest BCUT2D eigenvalue weighted by Gasteiger charge is 2.30. The van der Waals surface area contributed by atoms with Gasteiger partial charge in [-0.25, -0.2) is 9.97 Å². The molecule has 0 N–H and O–H groups in total. The molecule has 0 aliphatic carbocycles. The summed E-state index contributed by atoms with van der Waals surface area (Å²) in [5, 5.41) is 5.49. The van der Waals surface area contributed by atoms with Crippen LogP contribution in [0.3, 0.4) is 0 Å². The van der Waals surface area contributed by atoms with E-state index in [2.05, 4.69) is 28.7 Å². The number of rotatable bonds is 2. The molecule has 23 heavy (non-hydrogen) atoms. The summed E-state index contributed by atoms with van der Waals surface area (Å²) in [7, 11) is 1.96. The highest BCUT2D eigenvalue weighted by molar-refractivity contribution is 5.87. The van der Waals surface area contributed by atoms with E-state index in [-0.39, 0.29) is 0 Å². The molecule has 0 amide bonds. The molecule has 0 spiro atoms. The summed E-state index contributed by atoms with van der Waals surface area (Å²) in [4.78, 5) is 14.8. The monoisotopic (exact) mass is 314 g/mol. The van der Waals surface area contributed by atoms with Gasteiger partial charge >= 0.3 is 0 Å². The van der Waals surface area contributed by atoms with Gasteiger partial charge in [-0.05, 0) is 19.4 Å². The van der Waals surface area contributed by atoms with E-state index in [1.54, 1.807) is 0 Å². The Morgan fingerprint density at radius 2 is 2.00 bits per heavy atom. The summed E-state index contributed by atoms with van der Waals surface area (Å²) in [6.07, 6.45) is 5.95. The Morgan fingerprint density at radius 3 is 2.83 bits per heavy atom. The minimum Gasteiger partial charge on any atom is -0.353 e. The topological polar surface area (TPSA) is 50.1 Å². The third-order valence-electron chi connectivity index (χ3n) is 5.24. The molecule has 2 aliphatic heterocycles. The van der Waals surface area contributed by atoms with Crippen LogP contribution in [0.15, 0.2) is 6.20 Å². The minimum absolute atomic E-state index is 0.323. The lowest BCUT2D eigenvalue weighted by molar-refractivity contribution is 0.133. The number of nitrogens with zero attached hydrogens (tertiary/aromatic N) is 6. The first-order valence-corrected chi connectivity index (χ1v) is 8.82. The van der Waals surface area contributed by atoms with Crippen molar-refractivity contribution in [3.05, 3.63) is 12.0 Å². The third kappa shape index (κ3) is 2.59. The summed E-state index contributed by atoms with van der Waals surface area (Å²) in [6, 6.07) is 0.682. The van der Waals surface area contributed by atoms with E-state index in [0.717, 1.165) is 42.3 Å². The molecule has 2 saturated heterocycles. The van der Waals surface area contributed by atoms with Crippen molar-refractivity contribution in [2.45, 2.75) is 45.1 Å². The van der Waals surface area contributed by atoms with E-state index in [0.29, 0.717) is 12.0 Å². The largest absolute Gasteiger partial charge is 0.353 e. The highest BCUT2D eigenvalue weighted by Crippen LogP contribution is 2.29. The van der Waals surface area contributed by atoms with Crippen molar-refractivity contribution in [3.63, 3.8) is 0 Å². The fourth-order valence-corrected chi connectivity index (χ4v) is 3.87. The normalized spacial score (nSPS) is 22.8. The van der Waals surface area contributed by atoms with Crippen molar-refractivity contribution in [1.82, 2.24) is 24.6 Å². The molecule has 2 aromatic rings. The summed E-state index contributed by atoms with van der Waals surface area (Å²) in [5.41, 5.74) is 0.949. The van der Waals surface area contributed by atoms with Gasteiger partial charge in [-0.1, -0.05) is 20.3 Å². The van der Waals surface area contributed by atoms with E-state index in [1.807, 2.05) is 17.9 Å². The van der Waals surface area contributed by atoms with E-state index in [9.17, 15) is 0 Å². The lowest BCUT2D eigenvalue weighted by Crippen LogP contribution is -2.55. The number of aryl methyl sites for hydroxylation is 1. The van der Waals surface area contributed by atoms with Gasteiger partial charge in [-0.3, -0.25) is 9.58 Å². The molecule has 0 aromatic carbocycles. The Morgan fingerprint density at radius 1 is 1.13 bits per heavy atom. The second kappa shape index (κ2) is 5.74. The van der Waals surface area contributed by atoms with Gasteiger partial charge in [0.1, 0.15) is 11.6 Å². The Balaban J connectivity index is 1.72. The number of hydrogen-bond donors (Lipinski definition) is 0. The molecule has 6 heteroatoms. The maximum Gasteiger partial charge on any atom is 0.163 e. The predicted molar refractivity (Wildman–Crippen MR) is 91.8 cm³/mol. The maximum absolute atomic E-state index is 4.92. The first-order valence-electron chi connectivity index (χ1n) is 8.82. The van der Waals surface area contributed by atoms with Gasteiger partial charge < -0.3 is 4.90 Å². The molecule has 2 aromatic heterocycles. The quantitative estimate of drug-likeness (QED) is 0.850. The van der Waals surface area contributed by atoms with Gasteiger partial charge in [0.15, 0.2) is 5.65 Å². The molecule has 2 fully saturated rings. The van der Waals surface area contributed by atoms with Crippen LogP contribution in [0.25, 0.3) is 11.0 Å². The maximum atomic E-state index is 4.92. The Bertz CT molecular complexity index is 706. The van der Waals surface area contributed by atoms with Gasteiger partial charge in [-0.2, -0.15) is 5.10 Å². The molecule has 0 radical (unpaired) electrons. The summed E-state index contributed by atoms with van der Waals surface area (Å²) >= 11 is 0. The van der Waals surface area contributed by atoms with Gasteiger partial charge in [0, 0.05) is 38.6 Å². The average Bonchev–Trinajstić information content (AvgIpc) is 2.95. The van der Waals surface area contributed by atoms with Crippen molar-refractivity contribution >= 4 is 16.9 Å². The Hall–Kier alpha value is -1.69. The Labute approximate surface area is 137 Å². The zero-order valence-electron chi connectivity index (χ0n) is 14.4. The van der Waals surface area contributed by atoms with Crippen LogP contribution in [0.2, 0.25) is 0 Å². The van der Waals surface area contributed by atoms with Crippen molar-refractivity contribution in [1.29, 1.82) is 0 Å². The van der Waals surface area contributed by atoms with Crippen LogP contribution >= 0.6 is 0 Å². The van der Waals surface area contributed by atoms with Crippen molar-refractivity contribution < 1.29 is 0 Å². The lowest BCUT2D eigenvalue weighted by Gasteiger charge is -2.44. The zero-order valence-corrected chi connectivity index (χ0v) is 14.4. The average molecular weight is 314 g/mol. The molecule has 4 heterocycles. The first kappa shape index (κ1) is 14.9. The van der Waals surface area contributed by atoms with Crippen LogP contribution in [0, 0.1) is 0 Å². The molecule has 1 atom stereocenters. The molecular weight excluding hydrogens is 288 g/mol. The number of aromatic nitrogens is 4. The van der Waals surface area contributed by atoms with Crippen molar-refractivity contribution in [2.75, 3.05) is 31.1 Å². The highest BCUT2D eigenvalue weighted by atomic mass is 15.3. The first-order chi connectivity index (χ1) is 11.1. The van der Waals surface area contributed by atoms with Gasteiger partial charge in [0.25, 0.3) is 0 Å². The van der Waals surface area contributed by atoms with Crippen LogP contribution in [-0.2, 0) is 7.05 Å².